The van der Waals surface area contributed by atoms with E-state index < -0.39 is 0 Å². The first-order valence-electron chi connectivity index (χ1n) is 2.32. The predicted molar refractivity (Wildman–Crippen MR) is 29.2 cm³/mol. The van der Waals surface area contributed by atoms with Crippen molar-refractivity contribution in [3.05, 3.63) is 24.5 Å². The monoisotopic (exact) mass is 110 g/mol. The van der Waals surface area contributed by atoms with Crippen molar-refractivity contribution in [2.45, 2.75) is 6.10 Å². The van der Waals surface area contributed by atoms with Crippen LogP contribution in [0, 0.1) is 0 Å². The number of hydrogen-bond acceptors (Lipinski definition) is 2. The second-order valence-corrected chi connectivity index (χ2v) is 1.54. The fourth-order valence-corrected chi connectivity index (χ4v) is 0.529. The van der Waals surface area contributed by atoms with E-state index in [9.17, 15) is 4.79 Å². The highest BCUT2D eigenvalue weighted by Gasteiger charge is 2.09. The molecule has 2 nitrogen and oxygen atoms in total. The van der Waals surface area contributed by atoms with Crippen molar-refractivity contribution in [3.63, 3.8) is 0 Å². The van der Waals surface area contributed by atoms with Crippen molar-refractivity contribution >= 4 is 6.29 Å². The van der Waals surface area contributed by atoms with Crippen LogP contribution in [0.3, 0.4) is 0 Å². The molecule has 0 aliphatic carbocycles. The summed E-state index contributed by atoms with van der Waals surface area (Å²) < 4.78 is 4.84. The Morgan fingerprint density at radius 2 is 2.62 bits per heavy atom. The number of aldehydes is 1. The molecule has 0 aromatic rings. The fourth-order valence-electron chi connectivity index (χ4n) is 0.529. The van der Waals surface area contributed by atoms with E-state index in [0.717, 1.165) is 6.29 Å². The van der Waals surface area contributed by atoms with E-state index in [1.807, 2.05) is 0 Å². The minimum atomic E-state index is -0.387. The quantitative estimate of drug-likeness (QED) is 0.463. The summed E-state index contributed by atoms with van der Waals surface area (Å²) in [6, 6.07) is 0. The Morgan fingerprint density at radius 1 is 1.88 bits per heavy atom. The fraction of sp³-hybridized carbons (Fsp3) is 0.167. The van der Waals surface area contributed by atoms with Crippen LogP contribution in [0.25, 0.3) is 0 Å². The van der Waals surface area contributed by atoms with Gasteiger partial charge in [0.2, 0.25) is 0 Å². The minimum absolute atomic E-state index is 0.387. The average molecular weight is 110 g/mol. The highest BCUT2D eigenvalue weighted by molar-refractivity contribution is 5.61. The van der Waals surface area contributed by atoms with E-state index in [0.29, 0.717) is 5.76 Å². The molecule has 1 atom stereocenters. The molecule has 2 heteroatoms. The van der Waals surface area contributed by atoms with Gasteiger partial charge in [0, 0.05) is 0 Å². The molecule has 0 spiro atoms. The maximum absolute atomic E-state index is 9.94. The van der Waals surface area contributed by atoms with Crippen LogP contribution >= 0.6 is 0 Å². The molecule has 0 aromatic heterocycles. The molecule has 0 amide bonds. The zero-order chi connectivity index (χ0) is 5.98. The molecule has 1 unspecified atom stereocenters. The molecule has 0 fully saturated rings. The highest BCUT2D eigenvalue weighted by atomic mass is 16.5. The second kappa shape index (κ2) is 1.82. The Bertz CT molecular complexity index is 147. The molecule has 42 valence electrons. The van der Waals surface area contributed by atoms with Crippen molar-refractivity contribution in [2.24, 2.45) is 0 Å². The van der Waals surface area contributed by atoms with Crippen LogP contribution in [0.1, 0.15) is 0 Å². The maximum atomic E-state index is 9.94. The van der Waals surface area contributed by atoms with Crippen molar-refractivity contribution in [3.8, 4) is 0 Å². The molecule has 1 aliphatic rings. The summed E-state index contributed by atoms with van der Waals surface area (Å²) in [5.74, 6) is 0.558. The summed E-state index contributed by atoms with van der Waals surface area (Å²) in [5, 5.41) is 0. The van der Waals surface area contributed by atoms with Gasteiger partial charge in [0.05, 0.1) is 0 Å². The number of ether oxygens (including phenoxy) is 1. The Kier molecular flexibility index (Phi) is 1.16. The summed E-state index contributed by atoms with van der Waals surface area (Å²) in [4.78, 5) is 9.94. The number of hydrogen-bond donors (Lipinski definition) is 0. The predicted octanol–water partition coefficient (Wildman–Crippen LogP) is 0.654. The molecular formula is C6H6O2. The number of allylic oxidation sites excluding steroid dienone is 1. The standard InChI is InChI=1S/C6H6O2/c1-5-2-3-6(4-7)8-5/h2-4,6H,1H2. The minimum Gasteiger partial charge on any atom is -0.479 e. The van der Waals surface area contributed by atoms with Crippen molar-refractivity contribution < 1.29 is 9.53 Å². The molecule has 8 heavy (non-hydrogen) atoms. The summed E-state index contributed by atoms with van der Waals surface area (Å²) in [7, 11) is 0. The van der Waals surface area contributed by atoms with Crippen LogP contribution in [0.15, 0.2) is 24.5 Å². The zero-order valence-corrected chi connectivity index (χ0v) is 4.33. The van der Waals surface area contributed by atoms with Gasteiger partial charge in [-0.3, -0.25) is 4.79 Å². The highest BCUT2D eigenvalue weighted by Crippen LogP contribution is 2.09. The van der Waals surface area contributed by atoms with Gasteiger partial charge in [0.25, 0.3) is 0 Å². The van der Waals surface area contributed by atoms with Crippen molar-refractivity contribution in [1.82, 2.24) is 0 Å². The molecule has 0 bridgehead atoms. The van der Waals surface area contributed by atoms with E-state index >= 15 is 0 Å². The van der Waals surface area contributed by atoms with Crippen molar-refractivity contribution in [2.75, 3.05) is 0 Å². The third-order valence-corrected chi connectivity index (χ3v) is 0.893. The lowest BCUT2D eigenvalue weighted by Crippen LogP contribution is -2.03. The summed E-state index contributed by atoms with van der Waals surface area (Å²) in [5.41, 5.74) is 0. The van der Waals surface area contributed by atoms with Gasteiger partial charge >= 0.3 is 0 Å². The van der Waals surface area contributed by atoms with Gasteiger partial charge in [-0.1, -0.05) is 6.58 Å². The molecule has 0 aromatic carbocycles. The number of carbonyl (C=O) groups excluding carboxylic acids is 1. The molecule has 0 saturated heterocycles. The van der Waals surface area contributed by atoms with Gasteiger partial charge < -0.3 is 4.74 Å². The number of carbonyl (C=O) groups is 1. The van der Waals surface area contributed by atoms with E-state index in [1.165, 1.54) is 0 Å². The van der Waals surface area contributed by atoms with E-state index in [-0.39, 0.29) is 6.10 Å². The Morgan fingerprint density at radius 3 is 2.88 bits per heavy atom. The molecule has 1 aliphatic heterocycles. The first-order chi connectivity index (χ1) is 3.83. The number of rotatable bonds is 1. The van der Waals surface area contributed by atoms with Gasteiger partial charge in [-0.25, -0.2) is 0 Å². The zero-order valence-electron chi connectivity index (χ0n) is 4.33. The third kappa shape index (κ3) is 0.780. The van der Waals surface area contributed by atoms with E-state index in [1.54, 1.807) is 12.2 Å². The average Bonchev–Trinajstić information content (AvgIpc) is 2.14. The first-order valence-corrected chi connectivity index (χ1v) is 2.32. The SMILES string of the molecule is C=C1C=CC(C=O)O1. The van der Waals surface area contributed by atoms with Gasteiger partial charge in [-0.05, 0) is 12.2 Å². The van der Waals surface area contributed by atoms with Gasteiger partial charge in [0.1, 0.15) is 5.76 Å². The maximum Gasteiger partial charge on any atom is 0.172 e. The van der Waals surface area contributed by atoms with Crippen molar-refractivity contribution in [1.29, 1.82) is 0 Å². The molecule has 1 heterocycles. The van der Waals surface area contributed by atoms with Crippen LogP contribution in [0.4, 0.5) is 0 Å². The smallest absolute Gasteiger partial charge is 0.172 e. The Balaban J connectivity index is 2.58. The summed E-state index contributed by atoms with van der Waals surface area (Å²) in [6.07, 6.45) is 3.69. The van der Waals surface area contributed by atoms with E-state index in [2.05, 4.69) is 6.58 Å². The van der Waals surface area contributed by atoms with Crippen LogP contribution in [0.5, 0.6) is 0 Å². The van der Waals surface area contributed by atoms with Gasteiger partial charge in [-0.15, -0.1) is 0 Å². The second-order valence-electron chi connectivity index (χ2n) is 1.54. The van der Waals surface area contributed by atoms with Crippen LogP contribution < -0.4 is 0 Å². The van der Waals surface area contributed by atoms with Crippen LogP contribution in [0.2, 0.25) is 0 Å². The molecular weight excluding hydrogens is 104 g/mol. The molecule has 1 rings (SSSR count). The lowest BCUT2D eigenvalue weighted by Gasteiger charge is -1.98. The largest absolute Gasteiger partial charge is 0.479 e. The Labute approximate surface area is 47.5 Å². The lowest BCUT2D eigenvalue weighted by atomic mass is 10.4. The topological polar surface area (TPSA) is 26.3 Å². The lowest BCUT2D eigenvalue weighted by molar-refractivity contribution is -0.113. The van der Waals surface area contributed by atoms with Crippen LogP contribution in [-0.4, -0.2) is 12.4 Å². The third-order valence-electron chi connectivity index (χ3n) is 0.893. The summed E-state index contributed by atoms with van der Waals surface area (Å²) >= 11 is 0. The first kappa shape index (κ1) is 5.09. The summed E-state index contributed by atoms with van der Waals surface area (Å²) in [6.45, 7) is 3.48. The van der Waals surface area contributed by atoms with E-state index in [4.69, 9.17) is 4.74 Å². The molecule has 0 saturated carbocycles. The normalized spacial score (nSPS) is 25.5. The Hall–Kier alpha value is -1.05. The molecule has 0 radical (unpaired) electrons. The van der Waals surface area contributed by atoms with Gasteiger partial charge in [-0.2, -0.15) is 0 Å². The van der Waals surface area contributed by atoms with Crippen LogP contribution in [-0.2, 0) is 9.53 Å². The molecule has 0 N–H and O–H groups in total. The van der Waals surface area contributed by atoms with Gasteiger partial charge in [0.15, 0.2) is 12.4 Å².